The minimum atomic E-state index is -3.85. The van der Waals surface area contributed by atoms with Gasteiger partial charge in [0.05, 0.1) is 10.4 Å². The molecule has 3 rings (SSSR count). The molecule has 7 heteroatoms. The highest BCUT2D eigenvalue weighted by atomic mass is 32.2. The summed E-state index contributed by atoms with van der Waals surface area (Å²) in [5, 5.41) is 0.581. The molecule has 3 aromatic rings. The van der Waals surface area contributed by atoms with E-state index >= 15 is 0 Å². The molecule has 0 fully saturated rings. The first-order chi connectivity index (χ1) is 13.2. The van der Waals surface area contributed by atoms with Crippen LogP contribution in [0.4, 0.5) is 0 Å². The van der Waals surface area contributed by atoms with Gasteiger partial charge in [0.15, 0.2) is 0 Å². The molecule has 0 aliphatic rings. The molecule has 0 aliphatic carbocycles. The maximum absolute atomic E-state index is 13.2. The Morgan fingerprint density at radius 3 is 2.46 bits per heavy atom. The van der Waals surface area contributed by atoms with E-state index in [0.29, 0.717) is 22.0 Å². The molecule has 0 aliphatic heterocycles. The summed E-state index contributed by atoms with van der Waals surface area (Å²) in [4.78, 5) is 12.5. The molecule has 2 aromatic carbocycles. The zero-order valence-corrected chi connectivity index (χ0v) is 16.6. The second-order valence-electron chi connectivity index (χ2n) is 6.76. The monoisotopic (exact) mass is 398 g/mol. The highest BCUT2D eigenvalue weighted by Gasteiger charge is 2.26. The Bertz CT molecular complexity index is 1140. The van der Waals surface area contributed by atoms with Crippen LogP contribution in [-0.4, -0.2) is 25.0 Å². The highest BCUT2D eigenvalue weighted by molar-refractivity contribution is 7.90. The van der Waals surface area contributed by atoms with E-state index in [0.717, 1.165) is 9.54 Å². The van der Waals surface area contributed by atoms with Crippen LogP contribution >= 0.6 is 0 Å². The van der Waals surface area contributed by atoms with Crippen molar-refractivity contribution in [3.05, 3.63) is 78.0 Å². The van der Waals surface area contributed by atoms with Crippen molar-refractivity contribution in [2.45, 2.75) is 24.8 Å². The summed E-state index contributed by atoms with van der Waals surface area (Å²) in [6, 6.07) is 12.4. The molecule has 0 bridgehead atoms. The number of ether oxygens (including phenoxy) is 1. The molecule has 1 atom stereocenters. The van der Waals surface area contributed by atoms with Crippen LogP contribution in [0.1, 0.15) is 24.1 Å². The Morgan fingerprint density at radius 2 is 1.82 bits per heavy atom. The van der Waals surface area contributed by atoms with Crippen LogP contribution < -0.4 is 5.73 Å². The van der Waals surface area contributed by atoms with Gasteiger partial charge in [0.1, 0.15) is 12.6 Å². The number of aryl methyl sites for hydroxylation is 1. The fourth-order valence-corrected chi connectivity index (χ4v) is 4.23. The fraction of sp³-hybridized carbons (Fsp3) is 0.190. The van der Waals surface area contributed by atoms with E-state index in [1.165, 1.54) is 6.20 Å². The van der Waals surface area contributed by atoms with Crippen molar-refractivity contribution < 1.29 is 17.9 Å². The van der Waals surface area contributed by atoms with Gasteiger partial charge in [-0.1, -0.05) is 42.5 Å². The van der Waals surface area contributed by atoms with Crippen LogP contribution in [0.25, 0.3) is 10.9 Å². The van der Waals surface area contributed by atoms with Gasteiger partial charge in [-0.05, 0) is 37.6 Å². The summed E-state index contributed by atoms with van der Waals surface area (Å²) >= 11 is 0. The van der Waals surface area contributed by atoms with E-state index < -0.39 is 22.0 Å². The molecule has 1 aromatic heterocycles. The van der Waals surface area contributed by atoms with Crippen LogP contribution in [0.3, 0.4) is 0 Å². The van der Waals surface area contributed by atoms with Crippen molar-refractivity contribution in [1.82, 2.24) is 3.97 Å². The van der Waals surface area contributed by atoms with Crippen molar-refractivity contribution in [3.8, 4) is 0 Å². The first-order valence-electron chi connectivity index (χ1n) is 8.70. The molecule has 0 saturated heterocycles. The Balaban J connectivity index is 2.09. The molecule has 0 radical (unpaired) electrons. The molecule has 28 heavy (non-hydrogen) atoms. The van der Waals surface area contributed by atoms with Crippen molar-refractivity contribution in [3.63, 3.8) is 0 Å². The second-order valence-corrected chi connectivity index (χ2v) is 8.57. The number of fused-ring (bicyclic) bond motifs is 1. The van der Waals surface area contributed by atoms with Crippen LogP contribution in [0.5, 0.6) is 0 Å². The highest BCUT2D eigenvalue weighted by Crippen LogP contribution is 2.29. The lowest BCUT2D eigenvalue weighted by atomic mass is 10.1. The average molecular weight is 398 g/mol. The summed E-state index contributed by atoms with van der Waals surface area (Å²) in [6.45, 7) is 7.37. The lowest BCUT2D eigenvalue weighted by Crippen LogP contribution is -2.24. The van der Waals surface area contributed by atoms with E-state index in [9.17, 15) is 13.2 Å². The lowest BCUT2D eigenvalue weighted by molar-refractivity contribution is -0.144. The maximum atomic E-state index is 13.2. The van der Waals surface area contributed by atoms with Gasteiger partial charge < -0.3 is 10.5 Å². The van der Waals surface area contributed by atoms with Crippen LogP contribution in [-0.2, 0) is 19.6 Å². The normalized spacial score (nSPS) is 12.7. The minimum absolute atomic E-state index is 0.0623. The smallest absolute Gasteiger partial charge is 0.327 e. The molecule has 2 N–H and O–H groups in total. The molecule has 1 unspecified atom stereocenters. The van der Waals surface area contributed by atoms with Gasteiger partial charge in [0.25, 0.3) is 10.0 Å². The molecule has 0 spiro atoms. The van der Waals surface area contributed by atoms with E-state index in [1.54, 1.807) is 55.5 Å². The lowest BCUT2D eigenvalue weighted by Gasteiger charge is -2.11. The molecule has 146 valence electrons. The summed E-state index contributed by atoms with van der Waals surface area (Å²) in [5.41, 5.74) is 8.57. The van der Waals surface area contributed by atoms with Gasteiger partial charge in [-0.25, -0.2) is 17.2 Å². The molecule has 1 heterocycles. The van der Waals surface area contributed by atoms with Crippen molar-refractivity contribution in [2.75, 3.05) is 6.61 Å². The Morgan fingerprint density at radius 1 is 1.18 bits per heavy atom. The molecular formula is C21H22N2O4S. The molecule has 0 saturated carbocycles. The van der Waals surface area contributed by atoms with Gasteiger partial charge in [-0.2, -0.15) is 0 Å². The number of carbonyl (C=O) groups excluding carboxylic acids is 1. The number of nitrogens with zero attached hydrogens (tertiary/aromatic N) is 1. The van der Waals surface area contributed by atoms with Gasteiger partial charge in [-0.15, -0.1) is 0 Å². The Hall–Kier alpha value is -2.90. The third-order valence-electron chi connectivity index (χ3n) is 4.34. The van der Waals surface area contributed by atoms with E-state index in [1.807, 2.05) is 6.92 Å². The van der Waals surface area contributed by atoms with Gasteiger partial charge >= 0.3 is 5.97 Å². The van der Waals surface area contributed by atoms with Crippen molar-refractivity contribution in [1.29, 1.82) is 0 Å². The number of para-hydroxylation sites is 1. The number of esters is 1. The Labute approximate surface area is 164 Å². The van der Waals surface area contributed by atoms with Gasteiger partial charge in [-0.3, -0.25) is 0 Å². The predicted molar refractivity (Wildman–Crippen MR) is 108 cm³/mol. The topological polar surface area (TPSA) is 91.4 Å². The predicted octanol–water partition coefficient (Wildman–Crippen LogP) is 3.31. The van der Waals surface area contributed by atoms with Gasteiger partial charge in [0, 0.05) is 17.1 Å². The average Bonchev–Trinajstić information content (AvgIpc) is 3.06. The minimum Gasteiger partial charge on any atom is -0.460 e. The van der Waals surface area contributed by atoms with Crippen LogP contribution in [0, 0.1) is 6.92 Å². The van der Waals surface area contributed by atoms with E-state index in [2.05, 4.69) is 6.58 Å². The molecular weight excluding hydrogens is 376 g/mol. The molecule has 0 amide bonds. The van der Waals surface area contributed by atoms with Gasteiger partial charge in [0.2, 0.25) is 0 Å². The third-order valence-corrected chi connectivity index (χ3v) is 6.02. The Kier molecular flexibility index (Phi) is 5.40. The number of hydrogen-bond donors (Lipinski definition) is 1. The standard InChI is InChI=1S/C21H22N2O4S/c1-14(2)13-27-21(24)20(22)18-12-23(19-7-5-4-6-17(18)19)28(25,26)16-10-8-15(3)9-11-16/h4-12,20H,1,13,22H2,2-3H3. The number of rotatable bonds is 6. The van der Waals surface area contributed by atoms with Crippen LogP contribution in [0.2, 0.25) is 0 Å². The summed E-state index contributed by atoms with van der Waals surface area (Å²) in [7, 11) is -3.85. The zero-order valence-electron chi connectivity index (χ0n) is 15.8. The summed E-state index contributed by atoms with van der Waals surface area (Å²) in [6.07, 6.45) is 1.40. The number of benzene rings is 2. The summed E-state index contributed by atoms with van der Waals surface area (Å²) < 4.78 is 32.6. The van der Waals surface area contributed by atoms with Crippen molar-refractivity contribution in [2.24, 2.45) is 5.73 Å². The number of aromatic nitrogens is 1. The van der Waals surface area contributed by atoms with E-state index in [4.69, 9.17) is 10.5 Å². The summed E-state index contributed by atoms with van der Waals surface area (Å²) in [5.74, 6) is -0.640. The third kappa shape index (κ3) is 3.72. The first-order valence-corrected chi connectivity index (χ1v) is 10.1. The van der Waals surface area contributed by atoms with Crippen LogP contribution in [0.15, 0.2) is 71.8 Å². The quantitative estimate of drug-likeness (QED) is 0.508. The number of hydrogen-bond acceptors (Lipinski definition) is 5. The number of nitrogens with two attached hydrogens (primary N) is 1. The van der Waals surface area contributed by atoms with E-state index in [-0.39, 0.29) is 11.5 Å². The van der Waals surface area contributed by atoms with Crippen molar-refractivity contribution >= 4 is 26.9 Å². The maximum Gasteiger partial charge on any atom is 0.327 e. The SMILES string of the molecule is C=C(C)COC(=O)C(N)c1cn(S(=O)(=O)c2ccc(C)cc2)c2ccccc12. The molecule has 6 nitrogen and oxygen atoms in total. The number of carbonyl (C=O) groups is 1. The first kappa shape index (κ1) is 19.9. The second kappa shape index (κ2) is 7.61. The fourth-order valence-electron chi connectivity index (χ4n) is 2.86. The largest absolute Gasteiger partial charge is 0.460 e. The zero-order chi connectivity index (χ0) is 20.5.